The SMILES string of the molecule is O=C(c1coc(C2CCCC2)n1)N1CCN(c2ncccc2F)CC1. The number of piperazine rings is 1. The van der Waals surface area contributed by atoms with E-state index in [0.29, 0.717) is 49.5 Å². The van der Waals surface area contributed by atoms with Crippen molar-refractivity contribution in [1.82, 2.24) is 14.9 Å². The molecule has 2 fully saturated rings. The van der Waals surface area contributed by atoms with Gasteiger partial charge in [-0.15, -0.1) is 0 Å². The van der Waals surface area contributed by atoms with Crippen molar-refractivity contribution in [1.29, 1.82) is 0 Å². The number of anilines is 1. The van der Waals surface area contributed by atoms with Crippen LogP contribution in [-0.4, -0.2) is 47.0 Å². The molecule has 0 N–H and O–H groups in total. The average molecular weight is 344 g/mol. The van der Waals surface area contributed by atoms with Crippen LogP contribution in [0.3, 0.4) is 0 Å². The molecular formula is C18H21FN4O2. The molecule has 132 valence electrons. The van der Waals surface area contributed by atoms with Crippen molar-refractivity contribution >= 4 is 11.7 Å². The molecule has 1 saturated heterocycles. The Morgan fingerprint density at radius 1 is 1.20 bits per heavy atom. The highest BCUT2D eigenvalue weighted by atomic mass is 19.1. The van der Waals surface area contributed by atoms with Crippen LogP contribution in [0, 0.1) is 5.82 Å². The first-order valence-corrected chi connectivity index (χ1v) is 8.82. The molecule has 3 heterocycles. The number of oxazole rings is 1. The van der Waals surface area contributed by atoms with Crippen molar-refractivity contribution in [2.45, 2.75) is 31.6 Å². The first kappa shape index (κ1) is 16.1. The molecule has 1 aliphatic carbocycles. The fraction of sp³-hybridized carbons (Fsp3) is 0.500. The minimum absolute atomic E-state index is 0.117. The normalized spacial score (nSPS) is 18.8. The maximum atomic E-state index is 13.8. The quantitative estimate of drug-likeness (QED) is 0.857. The van der Waals surface area contributed by atoms with E-state index in [2.05, 4.69) is 9.97 Å². The average Bonchev–Trinajstić information content (AvgIpc) is 3.33. The van der Waals surface area contributed by atoms with Gasteiger partial charge in [-0.3, -0.25) is 4.79 Å². The van der Waals surface area contributed by atoms with Gasteiger partial charge in [-0.25, -0.2) is 14.4 Å². The molecule has 2 aromatic heterocycles. The number of rotatable bonds is 3. The van der Waals surface area contributed by atoms with Crippen molar-refractivity contribution in [3.63, 3.8) is 0 Å². The number of halogens is 1. The van der Waals surface area contributed by atoms with Gasteiger partial charge in [0.15, 0.2) is 23.2 Å². The minimum Gasteiger partial charge on any atom is -0.448 e. The molecule has 6 nitrogen and oxygen atoms in total. The van der Waals surface area contributed by atoms with Crippen LogP contribution >= 0.6 is 0 Å². The number of amides is 1. The highest BCUT2D eigenvalue weighted by Crippen LogP contribution is 2.33. The first-order chi connectivity index (χ1) is 12.2. The van der Waals surface area contributed by atoms with E-state index < -0.39 is 0 Å². The van der Waals surface area contributed by atoms with Gasteiger partial charge in [-0.05, 0) is 25.0 Å². The molecular weight excluding hydrogens is 323 g/mol. The highest BCUT2D eigenvalue weighted by Gasteiger charge is 2.28. The lowest BCUT2D eigenvalue weighted by Crippen LogP contribution is -2.49. The van der Waals surface area contributed by atoms with Crippen molar-refractivity contribution in [3.05, 3.63) is 42.0 Å². The summed E-state index contributed by atoms with van der Waals surface area (Å²) in [6.45, 7) is 2.13. The van der Waals surface area contributed by atoms with Crippen LogP contribution in [0.15, 0.2) is 29.0 Å². The van der Waals surface area contributed by atoms with Crippen LogP contribution in [0.25, 0.3) is 0 Å². The van der Waals surface area contributed by atoms with Gasteiger partial charge in [0.2, 0.25) is 0 Å². The Labute approximate surface area is 145 Å². The van der Waals surface area contributed by atoms with Gasteiger partial charge >= 0.3 is 0 Å². The molecule has 1 saturated carbocycles. The summed E-state index contributed by atoms with van der Waals surface area (Å²) in [5, 5.41) is 0. The molecule has 2 aliphatic rings. The Morgan fingerprint density at radius 2 is 1.96 bits per heavy atom. The van der Waals surface area contributed by atoms with E-state index in [1.165, 1.54) is 25.2 Å². The summed E-state index contributed by atoms with van der Waals surface area (Å²) in [6, 6.07) is 2.98. The third kappa shape index (κ3) is 3.23. The lowest BCUT2D eigenvalue weighted by molar-refractivity contribution is 0.0740. The lowest BCUT2D eigenvalue weighted by Gasteiger charge is -2.35. The molecule has 2 aromatic rings. The van der Waals surface area contributed by atoms with E-state index in [4.69, 9.17) is 4.42 Å². The van der Waals surface area contributed by atoms with Crippen LogP contribution in [-0.2, 0) is 0 Å². The van der Waals surface area contributed by atoms with E-state index in [1.807, 2.05) is 4.90 Å². The smallest absolute Gasteiger partial charge is 0.275 e. The van der Waals surface area contributed by atoms with Crippen molar-refractivity contribution in [2.24, 2.45) is 0 Å². The van der Waals surface area contributed by atoms with E-state index in [1.54, 1.807) is 17.2 Å². The largest absolute Gasteiger partial charge is 0.448 e. The second-order valence-electron chi connectivity index (χ2n) is 6.64. The number of hydrogen-bond acceptors (Lipinski definition) is 5. The van der Waals surface area contributed by atoms with E-state index in [0.717, 1.165) is 12.8 Å². The third-order valence-corrected chi connectivity index (χ3v) is 5.05. The second-order valence-corrected chi connectivity index (χ2v) is 6.64. The number of carbonyl (C=O) groups is 1. The fourth-order valence-corrected chi connectivity index (χ4v) is 3.64. The Balaban J connectivity index is 1.39. The maximum Gasteiger partial charge on any atom is 0.275 e. The molecule has 4 rings (SSSR count). The topological polar surface area (TPSA) is 62.5 Å². The Bertz CT molecular complexity index is 749. The summed E-state index contributed by atoms with van der Waals surface area (Å²) in [7, 11) is 0. The van der Waals surface area contributed by atoms with E-state index in [-0.39, 0.29) is 11.7 Å². The molecule has 7 heteroatoms. The first-order valence-electron chi connectivity index (χ1n) is 8.82. The molecule has 1 amide bonds. The molecule has 0 aromatic carbocycles. The summed E-state index contributed by atoms with van der Waals surface area (Å²) in [4.78, 5) is 24.8. The molecule has 0 spiro atoms. The predicted molar refractivity (Wildman–Crippen MR) is 90.0 cm³/mol. The van der Waals surface area contributed by atoms with Crippen LogP contribution in [0.5, 0.6) is 0 Å². The zero-order chi connectivity index (χ0) is 17.2. The molecule has 0 unspecified atom stereocenters. The van der Waals surface area contributed by atoms with Gasteiger partial charge in [0, 0.05) is 38.3 Å². The van der Waals surface area contributed by atoms with Gasteiger partial charge in [-0.1, -0.05) is 12.8 Å². The van der Waals surface area contributed by atoms with Gasteiger partial charge in [0.1, 0.15) is 6.26 Å². The summed E-state index contributed by atoms with van der Waals surface area (Å²) < 4.78 is 19.4. The second kappa shape index (κ2) is 6.82. The summed E-state index contributed by atoms with van der Waals surface area (Å²) in [6.07, 6.45) is 7.62. The number of nitrogens with zero attached hydrogens (tertiary/aromatic N) is 4. The molecule has 1 aliphatic heterocycles. The number of aromatic nitrogens is 2. The zero-order valence-electron chi connectivity index (χ0n) is 14.0. The number of pyridine rings is 1. The lowest BCUT2D eigenvalue weighted by atomic mass is 10.1. The maximum absolute atomic E-state index is 13.8. The standard InChI is InChI=1S/C18H21FN4O2/c19-14-6-3-7-20-16(14)22-8-10-23(11-9-22)18(24)15-12-25-17(21-15)13-4-1-2-5-13/h3,6-7,12-13H,1-2,4-5,8-11H2. The van der Waals surface area contributed by atoms with E-state index in [9.17, 15) is 9.18 Å². The van der Waals surface area contributed by atoms with Crippen LogP contribution in [0.1, 0.15) is 48.0 Å². The number of hydrogen-bond donors (Lipinski definition) is 0. The predicted octanol–water partition coefficient (Wildman–Crippen LogP) is 2.83. The summed E-state index contributed by atoms with van der Waals surface area (Å²) >= 11 is 0. The fourth-order valence-electron chi connectivity index (χ4n) is 3.64. The summed E-state index contributed by atoms with van der Waals surface area (Å²) in [5.74, 6) is 0.939. The summed E-state index contributed by atoms with van der Waals surface area (Å²) in [5.41, 5.74) is 0.374. The molecule has 0 bridgehead atoms. The highest BCUT2D eigenvalue weighted by molar-refractivity contribution is 5.92. The Kier molecular flexibility index (Phi) is 4.38. The molecule has 25 heavy (non-hydrogen) atoms. The molecule has 0 atom stereocenters. The van der Waals surface area contributed by atoms with Gasteiger partial charge < -0.3 is 14.2 Å². The number of carbonyl (C=O) groups excluding carboxylic acids is 1. The third-order valence-electron chi connectivity index (χ3n) is 5.05. The minimum atomic E-state index is -0.333. The van der Waals surface area contributed by atoms with Crippen LogP contribution in [0.4, 0.5) is 10.2 Å². The van der Waals surface area contributed by atoms with E-state index >= 15 is 0 Å². The van der Waals surface area contributed by atoms with Crippen molar-refractivity contribution in [2.75, 3.05) is 31.1 Å². The zero-order valence-corrected chi connectivity index (χ0v) is 14.0. The van der Waals surface area contributed by atoms with Gasteiger partial charge in [0.25, 0.3) is 5.91 Å². The Hall–Kier alpha value is -2.44. The van der Waals surface area contributed by atoms with Crippen LogP contribution in [0.2, 0.25) is 0 Å². The molecule has 0 radical (unpaired) electrons. The van der Waals surface area contributed by atoms with Gasteiger partial charge in [-0.2, -0.15) is 0 Å². The Morgan fingerprint density at radius 3 is 2.68 bits per heavy atom. The van der Waals surface area contributed by atoms with Crippen molar-refractivity contribution in [3.8, 4) is 0 Å². The van der Waals surface area contributed by atoms with Gasteiger partial charge in [0.05, 0.1) is 0 Å². The van der Waals surface area contributed by atoms with Crippen molar-refractivity contribution < 1.29 is 13.6 Å². The monoisotopic (exact) mass is 344 g/mol. The van der Waals surface area contributed by atoms with Crippen LogP contribution < -0.4 is 4.90 Å².